The van der Waals surface area contributed by atoms with Crippen molar-refractivity contribution < 1.29 is 0 Å². The van der Waals surface area contributed by atoms with Crippen molar-refractivity contribution in [2.24, 2.45) is 0 Å². The minimum Gasteiger partial charge on any atom is -0.135 e. The monoisotopic (exact) mass is 532 g/mol. The van der Waals surface area contributed by atoms with Crippen LogP contribution < -0.4 is 0 Å². The highest BCUT2D eigenvalue weighted by atomic mass is 35.5. The van der Waals surface area contributed by atoms with Crippen LogP contribution in [0.15, 0.2) is 127 Å². The number of hydrogen-bond acceptors (Lipinski definition) is 1. The van der Waals surface area contributed by atoms with Crippen molar-refractivity contribution in [2.75, 3.05) is 0 Å². The van der Waals surface area contributed by atoms with Crippen LogP contribution in [0.3, 0.4) is 0 Å². The summed E-state index contributed by atoms with van der Waals surface area (Å²) in [6, 6.07) is 47.0. The molecule has 182 valence electrons. The maximum Gasteiger partial charge on any atom is 0.0725 e. The summed E-state index contributed by atoms with van der Waals surface area (Å²) in [7, 11) is 0. The number of fused-ring (bicyclic) bond motifs is 13. The molecule has 2 aliphatic rings. The van der Waals surface area contributed by atoms with Gasteiger partial charge in [-0.3, -0.25) is 0 Å². The molecule has 6 aromatic carbocycles. The zero-order valence-electron chi connectivity index (χ0n) is 20.9. The van der Waals surface area contributed by atoms with E-state index in [1.165, 1.54) is 70.2 Å². The van der Waals surface area contributed by atoms with Crippen LogP contribution >= 0.6 is 22.9 Å². The van der Waals surface area contributed by atoms with Gasteiger partial charge in [0.25, 0.3) is 0 Å². The normalized spacial score (nSPS) is 14.0. The van der Waals surface area contributed by atoms with Gasteiger partial charge in [-0.2, -0.15) is 0 Å². The molecular weight excluding hydrogens is 512 g/mol. The summed E-state index contributed by atoms with van der Waals surface area (Å²) in [4.78, 5) is 0. The Morgan fingerprint density at radius 1 is 0.436 bits per heavy atom. The first-order valence-corrected chi connectivity index (χ1v) is 14.5. The molecule has 0 nitrogen and oxygen atoms in total. The largest absolute Gasteiger partial charge is 0.135 e. The lowest BCUT2D eigenvalue weighted by molar-refractivity contribution is 0.795. The van der Waals surface area contributed by atoms with E-state index in [9.17, 15) is 0 Å². The molecule has 0 aliphatic heterocycles. The topological polar surface area (TPSA) is 0 Å². The molecule has 0 saturated heterocycles. The Morgan fingerprint density at radius 3 is 1.90 bits per heavy atom. The number of benzene rings is 6. The summed E-state index contributed by atoms with van der Waals surface area (Å²) in [6.45, 7) is 0. The first kappa shape index (κ1) is 21.7. The molecule has 7 aromatic rings. The molecule has 2 aliphatic carbocycles. The Morgan fingerprint density at radius 2 is 1.10 bits per heavy atom. The minimum atomic E-state index is -0.371. The molecule has 1 heterocycles. The van der Waals surface area contributed by atoms with Gasteiger partial charge in [-0.25, -0.2) is 0 Å². The van der Waals surface area contributed by atoms with Crippen molar-refractivity contribution in [2.45, 2.75) is 5.41 Å². The first-order chi connectivity index (χ1) is 19.2. The minimum absolute atomic E-state index is 0.371. The van der Waals surface area contributed by atoms with Gasteiger partial charge in [-0.1, -0.05) is 103 Å². The fraction of sp³-hybridized carbons (Fsp3) is 0.0270. The van der Waals surface area contributed by atoms with Crippen LogP contribution in [0, 0.1) is 0 Å². The van der Waals surface area contributed by atoms with Crippen molar-refractivity contribution in [3.63, 3.8) is 0 Å². The Bertz CT molecular complexity index is 2100. The fourth-order valence-corrected chi connectivity index (χ4v) is 8.52. The van der Waals surface area contributed by atoms with Crippen molar-refractivity contribution in [1.29, 1.82) is 0 Å². The van der Waals surface area contributed by atoms with E-state index in [1.54, 1.807) is 0 Å². The quantitative estimate of drug-likeness (QED) is 0.197. The van der Waals surface area contributed by atoms with Crippen molar-refractivity contribution in [1.82, 2.24) is 0 Å². The van der Waals surface area contributed by atoms with E-state index in [0.717, 1.165) is 10.6 Å². The summed E-state index contributed by atoms with van der Waals surface area (Å²) in [5.41, 5.74) is 12.8. The van der Waals surface area contributed by atoms with E-state index in [1.807, 2.05) is 23.5 Å². The Labute approximate surface area is 235 Å². The van der Waals surface area contributed by atoms with Crippen LogP contribution in [-0.4, -0.2) is 0 Å². The van der Waals surface area contributed by atoms with Gasteiger partial charge in [0.15, 0.2) is 0 Å². The zero-order valence-corrected chi connectivity index (χ0v) is 22.5. The summed E-state index contributed by atoms with van der Waals surface area (Å²) in [5.74, 6) is 0. The molecule has 0 saturated carbocycles. The third-order valence-electron chi connectivity index (χ3n) is 8.74. The summed E-state index contributed by atoms with van der Waals surface area (Å²) in [6.07, 6.45) is 0. The summed E-state index contributed by atoms with van der Waals surface area (Å²) in [5, 5.41) is 3.44. The highest BCUT2D eigenvalue weighted by Crippen LogP contribution is 2.63. The second-order valence-corrected chi connectivity index (χ2v) is 12.1. The smallest absolute Gasteiger partial charge is 0.0725 e. The van der Waals surface area contributed by atoms with E-state index in [2.05, 4.69) is 115 Å². The molecule has 2 heteroatoms. The molecular formula is C37H21ClS. The van der Waals surface area contributed by atoms with Crippen LogP contribution in [0.2, 0.25) is 5.02 Å². The number of hydrogen-bond donors (Lipinski definition) is 0. The van der Waals surface area contributed by atoms with Gasteiger partial charge in [0.2, 0.25) is 0 Å². The summed E-state index contributed by atoms with van der Waals surface area (Å²) < 4.78 is 2.69. The highest BCUT2D eigenvalue weighted by molar-refractivity contribution is 7.25. The number of thiophene rings is 1. The van der Waals surface area contributed by atoms with Gasteiger partial charge in [0.05, 0.1) is 5.41 Å². The van der Waals surface area contributed by atoms with Crippen LogP contribution in [-0.2, 0) is 5.41 Å². The molecule has 0 radical (unpaired) electrons. The van der Waals surface area contributed by atoms with Crippen LogP contribution in [0.25, 0.3) is 53.6 Å². The van der Waals surface area contributed by atoms with Gasteiger partial charge >= 0.3 is 0 Å². The van der Waals surface area contributed by atoms with Crippen molar-refractivity contribution in [3.05, 3.63) is 155 Å². The zero-order chi connectivity index (χ0) is 25.7. The Hall–Kier alpha value is -4.17. The molecule has 1 aromatic heterocycles. The maximum atomic E-state index is 6.44. The van der Waals surface area contributed by atoms with Crippen LogP contribution in [0.5, 0.6) is 0 Å². The van der Waals surface area contributed by atoms with Crippen LogP contribution in [0.4, 0.5) is 0 Å². The van der Waals surface area contributed by atoms with Crippen molar-refractivity contribution >= 4 is 43.1 Å². The second kappa shape index (κ2) is 7.70. The Balaban J connectivity index is 1.46. The third kappa shape index (κ3) is 2.74. The standard InChI is InChI=1S/C37H21ClS/c38-24-9-7-8-22(18-24)23-16-17-27-29-21-36-30(28-12-3-6-15-35(28)39-36)20-34(29)37(33(27)19-23)31-13-4-1-10-25(31)26-11-2-5-14-32(26)37/h1-21H. The lowest BCUT2D eigenvalue weighted by Crippen LogP contribution is -2.25. The molecule has 0 N–H and O–H groups in total. The predicted octanol–water partition coefficient (Wildman–Crippen LogP) is 10.7. The van der Waals surface area contributed by atoms with Crippen LogP contribution in [0.1, 0.15) is 22.3 Å². The number of rotatable bonds is 1. The van der Waals surface area contributed by atoms with Gasteiger partial charge in [0, 0.05) is 25.2 Å². The van der Waals surface area contributed by atoms with Crippen molar-refractivity contribution in [3.8, 4) is 33.4 Å². The lowest BCUT2D eigenvalue weighted by atomic mass is 9.70. The van der Waals surface area contributed by atoms with Gasteiger partial charge in [-0.05, 0) is 92.0 Å². The second-order valence-electron chi connectivity index (χ2n) is 10.6. The van der Waals surface area contributed by atoms with Gasteiger partial charge < -0.3 is 0 Å². The van der Waals surface area contributed by atoms with Gasteiger partial charge in [0.1, 0.15) is 0 Å². The van der Waals surface area contributed by atoms with Gasteiger partial charge in [-0.15, -0.1) is 11.3 Å². The highest BCUT2D eigenvalue weighted by Gasteiger charge is 2.51. The average molecular weight is 533 g/mol. The average Bonchev–Trinajstić information content (AvgIpc) is 3.59. The van der Waals surface area contributed by atoms with E-state index in [0.29, 0.717) is 0 Å². The molecule has 0 bridgehead atoms. The molecule has 0 atom stereocenters. The molecule has 0 unspecified atom stereocenters. The fourth-order valence-electron chi connectivity index (χ4n) is 7.20. The lowest BCUT2D eigenvalue weighted by Gasteiger charge is -2.31. The SMILES string of the molecule is Clc1cccc(-c2ccc3c(c2)C2(c4ccccc4-c4ccccc42)c2cc4c(cc2-3)sc2ccccc24)c1. The Kier molecular flexibility index (Phi) is 4.29. The first-order valence-electron chi connectivity index (χ1n) is 13.3. The van der Waals surface area contributed by atoms with E-state index >= 15 is 0 Å². The predicted molar refractivity (Wildman–Crippen MR) is 166 cm³/mol. The molecule has 0 amide bonds. The van der Waals surface area contributed by atoms with E-state index in [-0.39, 0.29) is 5.41 Å². The third-order valence-corrected chi connectivity index (χ3v) is 10.1. The molecule has 39 heavy (non-hydrogen) atoms. The summed E-state index contributed by atoms with van der Waals surface area (Å²) >= 11 is 8.33. The maximum absolute atomic E-state index is 6.44. The molecule has 0 fully saturated rings. The van der Waals surface area contributed by atoms with E-state index in [4.69, 9.17) is 11.6 Å². The molecule has 1 spiro atoms. The molecule has 9 rings (SSSR count). The number of halogens is 1. The van der Waals surface area contributed by atoms with E-state index < -0.39 is 0 Å².